The molecule has 26 heavy (non-hydrogen) atoms. The highest BCUT2D eigenvalue weighted by Gasteiger charge is 2.21. The molecule has 6 nitrogen and oxygen atoms in total. The molecule has 0 unspecified atom stereocenters. The molecule has 0 saturated carbocycles. The van der Waals surface area contributed by atoms with Crippen molar-refractivity contribution in [1.29, 1.82) is 10.5 Å². The van der Waals surface area contributed by atoms with Gasteiger partial charge in [-0.25, -0.2) is 4.39 Å². The van der Waals surface area contributed by atoms with Gasteiger partial charge in [-0.3, -0.25) is 9.48 Å². The van der Waals surface area contributed by atoms with Gasteiger partial charge in [-0.05, 0) is 30.7 Å². The van der Waals surface area contributed by atoms with Gasteiger partial charge in [0.1, 0.15) is 23.7 Å². The monoisotopic (exact) mass is 367 g/mol. The van der Waals surface area contributed by atoms with E-state index in [-0.39, 0.29) is 24.8 Å². The number of carbonyl (C=O) groups excluding carboxylic acids is 1. The van der Waals surface area contributed by atoms with E-state index in [4.69, 9.17) is 10.5 Å². The van der Waals surface area contributed by atoms with Crippen LogP contribution in [0.5, 0.6) is 0 Å². The van der Waals surface area contributed by atoms with E-state index in [1.54, 1.807) is 22.9 Å². The van der Waals surface area contributed by atoms with Crippen LogP contribution in [0.25, 0.3) is 10.2 Å². The predicted octanol–water partition coefficient (Wildman–Crippen LogP) is 3.08. The number of rotatable bonds is 5. The number of aromatic nitrogens is 2. The minimum atomic E-state index is -0.345. The predicted molar refractivity (Wildman–Crippen MR) is 95.0 cm³/mol. The summed E-state index contributed by atoms with van der Waals surface area (Å²) in [6, 6.07) is 11.7. The zero-order valence-corrected chi connectivity index (χ0v) is 14.8. The molecule has 130 valence electrons. The highest BCUT2D eigenvalue weighted by molar-refractivity contribution is 7.20. The first kappa shape index (κ1) is 17.6. The van der Waals surface area contributed by atoms with Gasteiger partial charge in [0.2, 0.25) is 0 Å². The maximum absolute atomic E-state index is 13.1. The van der Waals surface area contributed by atoms with Crippen molar-refractivity contribution in [3.63, 3.8) is 0 Å². The first-order valence-electron chi connectivity index (χ1n) is 7.78. The summed E-state index contributed by atoms with van der Waals surface area (Å²) in [5.41, 5.74) is 1.68. The van der Waals surface area contributed by atoms with Crippen LogP contribution < -0.4 is 0 Å². The standard InChI is InChI=1S/C18H14FN5OS/c1-12-15-10-16(17(25)23(8-6-20)9-7-21)26-18(15)24(22-12)11-13-2-4-14(19)5-3-13/h2-5,10H,8-9,11H2,1H3. The number of nitriles is 2. The van der Waals surface area contributed by atoms with Crippen LogP contribution in [0.1, 0.15) is 20.9 Å². The summed E-state index contributed by atoms with van der Waals surface area (Å²) in [5, 5.41) is 23.0. The molecule has 0 spiro atoms. The quantitative estimate of drug-likeness (QED) is 0.649. The van der Waals surface area contributed by atoms with Crippen LogP contribution in [0.15, 0.2) is 30.3 Å². The first-order valence-corrected chi connectivity index (χ1v) is 8.59. The van der Waals surface area contributed by atoms with E-state index in [1.165, 1.54) is 28.4 Å². The molecule has 0 N–H and O–H groups in total. The molecule has 2 heterocycles. The zero-order valence-electron chi connectivity index (χ0n) is 13.9. The van der Waals surface area contributed by atoms with Crippen molar-refractivity contribution in [3.8, 4) is 12.1 Å². The second-order valence-corrected chi connectivity index (χ2v) is 6.71. The molecule has 0 radical (unpaired) electrons. The molecule has 1 amide bonds. The third-order valence-corrected chi connectivity index (χ3v) is 5.01. The summed E-state index contributed by atoms with van der Waals surface area (Å²) in [5.74, 6) is -0.642. The summed E-state index contributed by atoms with van der Waals surface area (Å²) in [6.45, 7) is 2.04. The van der Waals surface area contributed by atoms with Crippen LogP contribution in [-0.4, -0.2) is 33.7 Å². The molecule has 3 rings (SSSR count). The molecule has 0 aliphatic heterocycles. The second-order valence-electron chi connectivity index (χ2n) is 5.68. The summed E-state index contributed by atoms with van der Waals surface area (Å²) in [4.78, 5) is 15.1. The number of benzene rings is 1. The van der Waals surface area contributed by atoms with Gasteiger partial charge in [-0.2, -0.15) is 15.6 Å². The van der Waals surface area contributed by atoms with Crippen molar-refractivity contribution < 1.29 is 9.18 Å². The summed E-state index contributed by atoms with van der Waals surface area (Å²) >= 11 is 1.27. The van der Waals surface area contributed by atoms with Gasteiger partial charge < -0.3 is 4.90 Å². The normalized spacial score (nSPS) is 10.5. The molecule has 1 aromatic carbocycles. The second kappa shape index (κ2) is 7.34. The summed E-state index contributed by atoms with van der Waals surface area (Å²) < 4.78 is 14.8. The highest BCUT2D eigenvalue weighted by Crippen LogP contribution is 2.29. The lowest BCUT2D eigenvalue weighted by Crippen LogP contribution is -2.31. The number of halogens is 1. The Labute approximate surface area is 153 Å². The van der Waals surface area contributed by atoms with Gasteiger partial charge in [0.25, 0.3) is 5.91 Å². The van der Waals surface area contributed by atoms with Crippen LogP contribution >= 0.6 is 11.3 Å². The minimum Gasteiger partial charge on any atom is -0.311 e. The third-order valence-electron chi connectivity index (χ3n) is 3.87. The van der Waals surface area contributed by atoms with Crippen molar-refractivity contribution in [3.05, 3.63) is 52.3 Å². The lowest BCUT2D eigenvalue weighted by Gasteiger charge is -2.14. The van der Waals surface area contributed by atoms with Crippen LogP contribution in [-0.2, 0) is 6.54 Å². The number of fused-ring (bicyclic) bond motifs is 1. The van der Waals surface area contributed by atoms with Crippen LogP contribution in [0.2, 0.25) is 0 Å². The lowest BCUT2D eigenvalue weighted by atomic mass is 10.2. The van der Waals surface area contributed by atoms with Crippen LogP contribution in [0.4, 0.5) is 4.39 Å². The van der Waals surface area contributed by atoms with Gasteiger partial charge in [-0.1, -0.05) is 12.1 Å². The minimum absolute atomic E-state index is 0.138. The van der Waals surface area contributed by atoms with Gasteiger partial charge in [0, 0.05) is 5.39 Å². The highest BCUT2D eigenvalue weighted by atomic mass is 32.1. The Morgan fingerprint density at radius 3 is 2.54 bits per heavy atom. The van der Waals surface area contributed by atoms with Crippen LogP contribution in [0.3, 0.4) is 0 Å². The first-order chi connectivity index (χ1) is 12.5. The van der Waals surface area contributed by atoms with Crippen molar-refractivity contribution in [1.82, 2.24) is 14.7 Å². The van der Waals surface area contributed by atoms with Crippen molar-refractivity contribution in [2.24, 2.45) is 0 Å². The summed E-state index contributed by atoms with van der Waals surface area (Å²) in [6.07, 6.45) is 0. The Morgan fingerprint density at radius 1 is 1.27 bits per heavy atom. The molecular weight excluding hydrogens is 353 g/mol. The van der Waals surface area contributed by atoms with E-state index in [1.807, 2.05) is 19.1 Å². The number of nitrogens with zero attached hydrogens (tertiary/aromatic N) is 5. The molecule has 3 aromatic rings. The molecular formula is C18H14FN5OS. The fourth-order valence-electron chi connectivity index (χ4n) is 2.61. The van der Waals surface area contributed by atoms with Gasteiger partial charge in [0.15, 0.2) is 0 Å². The molecule has 2 aromatic heterocycles. The SMILES string of the molecule is Cc1nn(Cc2ccc(F)cc2)c2sc(C(=O)N(CC#N)CC#N)cc12. The topological polar surface area (TPSA) is 85.7 Å². The Balaban J connectivity index is 1.94. The molecule has 0 saturated heterocycles. The molecule has 8 heteroatoms. The molecule has 0 fully saturated rings. The van der Waals surface area contributed by atoms with Gasteiger partial charge in [-0.15, -0.1) is 11.3 Å². The fraction of sp³-hybridized carbons (Fsp3) is 0.222. The Morgan fingerprint density at radius 2 is 1.92 bits per heavy atom. The van der Waals surface area contributed by atoms with Crippen molar-refractivity contribution in [2.45, 2.75) is 13.5 Å². The molecule has 0 aliphatic rings. The third kappa shape index (κ3) is 3.41. The smallest absolute Gasteiger partial charge is 0.265 e. The average molecular weight is 367 g/mol. The van der Waals surface area contributed by atoms with Gasteiger partial charge >= 0.3 is 0 Å². The Kier molecular flexibility index (Phi) is 4.97. The number of thiophene rings is 1. The largest absolute Gasteiger partial charge is 0.311 e. The van der Waals surface area contributed by atoms with E-state index in [9.17, 15) is 9.18 Å². The lowest BCUT2D eigenvalue weighted by molar-refractivity contribution is 0.0799. The van der Waals surface area contributed by atoms with E-state index in [2.05, 4.69) is 5.10 Å². The molecule has 0 atom stereocenters. The number of carbonyl (C=O) groups is 1. The maximum Gasteiger partial charge on any atom is 0.265 e. The van der Waals surface area contributed by atoms with E-state index < -0.39 is 0 Å². The fourth-order valence-corrected chi connectivity index (χ4v) is 3.74. The van der Waals surface area contributed by atoms with Crippen LogP contribution in [0, 0.1) is 35.4 Å². The van der Waals surface area contributed by atoms with E-state index in [0.717, 1.165) is 21.5 Å². The van der Waals surface area contributed by atoms with E-state index in [0.29, 0.717) is 11.4 Å². The van der Waals surface area contributed by atoms with Gasteiger partial charge in [0.05, 0.1) is 29.3 Å². The van der Waals surface area contributed by atoms with E-state index >= 15 is 0 Å². The number of aryl methyl sites for hydroxylation is 1. The number of hydrogen-bond acceptors (Lipinski definition) is 5. The Bertz CT molecular complexity index is 1020. The average Bonchev–Trinajstić information content (AvgIpc) is 3.18. The Hall–Kier alpha value is -3.23. The molecule has 0 aliphatic carbocycles. The number of hydrogen-bond donors (Lipinski definition) is 0. The zero-order chi connectivity index (χ0) is 18.7. The molecule has 0 bridgehead atoms. The van der Waals surface area contributed by atoms with Crippen molar-refractivity contribution in [2.75, 3.05) is 13.1 Å². The van der Waals surface area contributed by atoms with Crippen molar-refractivity contribution >= 4 is 27.5 Å². The summed E-state index contributed by atoms with van der Waals surface area (Å²) in [7, 11) is 0. The number of amides is 1. The maximum atomic E-state index is 13.1.